The Bertz CT molecular complexity index is 424. The van der Waals surface area contributed by atoms with Gasteiger partial charge >= 0.3 is 0 Å². The summed E-state index contributed by atoms with van der Waals surface area (Å²) in [6.07, 6.45) is 4.54. The molecule has 0 spiro atoms. The van der Waals surface area contributed by atoms with Gasteiger partial charge in [-0.15, -0.1) is 18.3 Å². The maximum atomic E-state index is 12.0. The molecule has 19 heavy (non-hydrogen) atoms. The lowest BCUT2D eigenvalue weighted by Gasteiger charge is -2.14. The number of carbonyl (C=O) groups excluding carboxylic acids is 1. The van der Waals surface area contributed by atoms with Gasteiger partial charge in [0.25, 0.3) is 0 Å². The Kier molecular flexibility index (Phi) is 7.70. The fourth-order valence-electron chi connectivity index (χ4n) is 1.45. The molecular formula is C14H20N2OS2. The predicted molar refractivity (Wildman–Crippen MR) is 87.0 cm³/mol. The molecule has 0 aromatic heterocycles. The molecule has 0 aliphatic rings. The summed E-state index contributed by atoms with van der Waals surface area (Å²) in [5, 5.41) is 2.90. The molecule has 1 rings (SSSR count). The first-order valence-electron chi connectivity index (χ1n) is 6.07. The zero-order chi connectivity index (χ0) is 14.1. The normalized spacial score (nSPS) is 11.9. The minimum absolute atomic E-state index is 0.124. The number of hydrogen-bond donors (Lipinski definition) is 2. The van der Waals surface area contributed by atoms with Crippen LogP contribution in [0.25, 0.3) is 0 Å². The van der Waals surface area contributed by atoms with Crippen molar-refractivity contribution in [2.75, 3.05) is 23.1 Å². The summed E-state index contributed by atoms with van der Waals surface area (Å²) in [6.45, 7) is 3.70. The molecule has 104 valence electrons. The SMILES string of the molecule is C=CCSc1ccccc1NC(=O)[C@H](N)CCSC. The van der Waals surface area contributed by atoms with Crippen molar-refractivity contribution in [3.8, 4) is 0 Å². The van der Waals surface area contributed by atoms with Crippen molar-refractivity contribution in [2.45, 2.75) is 17.4 Å². The highest BCUT2D eigenvalue weighted by molar-refractivity contribution is 7.99. The molecule has 0 heterocycles. The van der Waals surface area contributed by atoms with Crippen molar-refractivity contribution in [1.82, 2.24) is 0 Å². The number of thioether (sulfide) groups is 2. The van der Waals surface area contributed by atoms with Crippen molar-refractivity contribution in [1.29, 1.82) is 0 Å². The van der Waals surface area contributed by atoms with Crippen molar-refractivity contribution >= 4 is 35.1 Å². The number of amides is 1. The quantitative estimate of drug-likeness (QED) is 0.572. The number of hydrogen-bond acceptors (Lipinski definition) is 4. The second kappa shape index (κ2) is 9.07. The number of para-hydroxylation sites is 1. The Hall–Kier alpha value is -0.910. The van der Waals surface area contributed by atoms with Crippen molar-refractivity contribution < 1.29 is 4.79 Å². The van der Waals surface area contributed by atoms with E-state index in [2.05, 4.69) is 11.9 Å². The second-order valence-electron chi connectivity index (χ2n) is 3.97. The molecule has 0 fully saturated rings. The third kappa shape index (κ3) is 5.72. The van der Waals surface area contributed by atoms with Crippen LogP contribution in [-0.2, 0) is 4.79 Å². The van der Waals surface area contributed by atoms with Crippen molar-refractivity contribution in [3.05, 3.63) is 36.9 Å². The Labute approximate surface area is 123 Å². The molecule has 1 aromatic rings. The number of nitrogens with two attached hydrogens (primary N) is 1. The van der Waals surface area contributed by atoms with Crippen LogP contribution >= 0.6 is 23.5 Å². The lowest BCUT2D eigenvalue weighted by molar-refractivity contribution is -0.117. The molecule has 1 amide bonds. The molecule has 3 N–H and O–H groups in total. The molecule has 0 aliphatic heterocycles. The van der Waals surface area contributed by atoms with Gasteiger partial charge in [-0.05, 0) is 30.6 Å². The molecule has 0 saturated carbocycles. The van der Waals surface area contributed by atoms with E-state index < -0.39 is 6.04 Å². The molecule has 0 aliphatic carbocycles. The van der Waals surface area contributed by atoms with E-state index in [0.717, 1.165) is 22.1 Å². The molecule has 5 heteroatoms. The van der Waals surface area contributed by atoms with Gasteiger partial charge in [0, 0.05) is 10.6 Å². The summed E-state index contributed by atoms with van der Waals surface area (Å²) in [4.78, 5) is 13.0. The summed E-state index contributed by atoms with van der Waals surface area (Å²) < 4.78 is 0. The van der Waals surface area contributed by atoms with E-state index >= 15 is 0 Å². The number of benzene rings is 1. The van der Waals surface area contributed by atoms with E-state index in [1.54, 1.807) is 23.5 Å². The number of rotatable bonds is 8. The van der Waals surface area contributed by atoms with Gasteiger partial charge in [0.1, 0.15) is 0 Å². The molecule has 0 saturated heterocycles. The van der Waals surface area contributed by atoms with Crippen LogP contribution in [0.1, 0.15) is 6.42 Å². The smallest absolute Gasteiger partial charge is 0.241 e. The van der Waals surface area contributed by atoms with Crippen LogP contribution in [0.5, 0.6) is 0 Å². The van der Waals surface area contributed by atoms with E-state index in [1.807, 2.05) is 36.6 Å². The van der Waals surface area contributed by atoms with Gasteiger partial charge in [0.05, 0.1) is 11.7 Å². The van der Waals surface area contributed by atoms with Gasteiger partial charge in [0.15, 0.2) is 0 Å². The van der Waals surface area contributed by atoms with Gasteiger partial charge in [-0.3, -0.25) is 4.79 Å². The maximum absolute atomic E-state index is 12.0. The summed E-state index contributed by atoms with van der Waals surface area (Å²) in [5.41, 5.74) is 6.67. The van der Waals surface area contributed by atoms with Crippen LogP contribution in [0.2, 0.25) is 0 Å². The average Bonchev–Trinajstić information content (AvgIpc) is 2.43. The largest absolute Gasteiger partial charge is 0.324 e. The molecule has 1 aromatic carbocycles. The Balaban J connectivity index is 2.64. The Morgan fingerprint density at radius 1 is 1.53 bits per heavy atom. The molecular weight excluding hydrogens is 276 g/mol. The second-order valence-corrected chi connectivity index (χ2v) is 6.02. The van der Waals surface area contributed by atoms with Crippen LogP contribution < -0.4 is 11.1 Å². The third-order valence-electron chi connectivity index (χ3n) is 2.47. The van der Waals surface area contributed by atoms with Gasteiger partial charge in [0.2, 0.25) is 5.91 Å². The first-order valence-corrected chi connectivity index (χ1v) is 8.45. The average molecular weight is 296 g/mol. The maximum Gasteiger partial charge on any atom is 0.241 e. The Morgan fingerprint density at radius 2 is 2.26 bits per heavy atom. The van der Waals surface area contributed by atoms with Crippen LogP contribution in [0.4, 0.5) is 5.69 Å². The van der Waals surface area contributed by atoms with E-state index in [0.29, 0.717) is 6.42 Å². The number of anilines is 1. The standard InChI is InChI=1S/C14H20N2OS2/c1-3-9-19-13-7-5-4-6-12(13)16-14(17)11(15)8-10-18-2/h3-7,11H,1,8-10,15H2,2H3,(H,16,17)/t11-/m1/s1. The molecule has 0 unspecified atom stereocenters. The first-order chi connectivity index (χ1) is 9.19. The zero-order valence-electron chi connectivity index (χ0n) is 11.1. The van der Waals surface area contributed by atoms with Crippen molar-refractivity contribution in [3.63, 3.8) is 0 Å². The molecule has 0 bridgehead atoms. The fourth-order valence-corrected chi connectivity index (χ4v) is 2.68. The van der Waals surface area contributed by atoms with Crippen LogP contribution in [0, 0.1) is 0 Å². The van der Waals surface area contributed by atoms with Gasteiger partial charge in [-0.2, -0.15) is 11.8 Å². The van der Waals surface area contributed by atoms with E-state index in [-0.39, 0.29) is 5.91 Å². The van der Waals surface area contributed by atoms with E-state index in [9.17, 15) is 4.79 Å². The monoisotopic (exact) mass is 296 g/mol. The van der Waals surface area contributed by atoms with Crippen LogP contribution in [-0.4, -0.2) is 29.7 Å². The summed E-state index contributed by atoms with van der Waals surface area (Å²) in [7, 11) is 0. The van der Waals surface area contributed by atoms with Gasteiger partial charge in [-0.25, -0.2) is 0 Å². The van der Waals surface area contributed by atoms with Gasteiger partial charge < -0.3 is 11.1 Å². The summed E-state index contributed by atoms with van der Waals surface area (Å²) in [5.74, 6) is 1.58. The number of carbonyl (C=O) groups is 1. The minimum atomic E-state index is -0.454. The lowest BCUT2D eigenvalue weighted by atomic mass is 10.2. The highest BCUT2D eigenvalue weighted by Gasteiger charge is 2.14. The molecule has 0 radical (unpaired) electrons. The molecule has 3 nitrogen and oxygen atoms in total. The number of nitrogens with one attached hydrogen (secondary N) is 1. The minimum Gasteiger partial charge on any atom is -0.324 e. The van der Waals surface area contributed by atoms with Crippen molar-refractivity contribution in [2.24, 2.45) is 5.73 Å². The van der Waals surface area contributed by atoms with Crippen LogP contribution in [0.3, 0.4) is 0 Å². The topological polar surface area (TPSA) is 55.1 Å². The van der Waals surface area contributed by atoms with E-state index in [1.165, 1.54) is 0 Å². The predicted octanol–water partition coefficient (Wildman–Crippen LogP) is 2.98. The summed E-state index contributed by atoms with van der Waals surface area (Å²) in [6, 6.07) is 7.28. The first kappa shape index (κ1) is 16.1. The Morgan fingerprint density at radius 3 is 2.95 bits per heavy atom. The fraction of sp³-hybridized carbons (Fsp3) is 0.357. The lowest BCUT2D eigenvalue weighted by Crippen LogP contribution is -2.36. The highest BCUT2D eigenvalue weighted by atomic mass is 32.2. The highest BCUT2D eigenvalue weighted by Crippen LogP contribution is 2.27. The van der Waals surface area contributed by atoms with Crippen LogP contribution in [0.15, 0.2) is 41.8 Å². The van der Waals surface area contributed by atoms with Gasteiger partial charge in [-0.1, -0.05) is 18.2 Å². The zero-order valence-corrected chi connectivity index (χ0v) is 12.7. The van der Waals surface area contributed by atoms with E-state index in [4.69, 9.17) is 5.73 Å². The third-order valence-corrected chi connectivity index (χ3v) is 4.18. The summed E-state index contributed by atoms with van der Waals surface area (Å²) >= 11 is 3.33. The molecule has 1 atom stereocenters.